The summed E-state index contributed by atoms with van der Waals surface area (Å²) in [5, 5.41) is 6.11. The average Bonchev–Trinajstić information content (AvgIpc) is 3.22. The highest BCUT2D eigenvalue weighted by Gasteiger charge is 2.25. The number of hydrogen-bond acceptors (Lipinski definition) is 4. The van der Waals surface area contributed by atoms with Gasteiger partial charge in [0.15, 0.2) is 0 Å². The van der Waals surface area contributed by atoms with E-state index < -0.39 is 0 Å². The van der Waals surface area contributed by atoms with Gasteiger partial charge in [0.2, 0.25) is 0 Å². The lowest BCUT2D eigenvalue weighted by molar-refractivity contribution is 0.0745. The van der Waals surface area contributed by atoms with Gasteiger partial charge in [-0.2, -0.15) is 0 Å². The van der Waals surface area contributed by atoms with Crippen LogP contribution in [0, 0.1) is 0 Å². The summed E-state index contributed by atoms with van der Waals surface area (Å²) in [5.74, 6) is 0.325. The standard InChI is InChI=1S/C20H23N3O3.ClH/c1-23(15-11-12-21-13-15)20(25)17-5-3-4-6-18(17)22-19(24)14-7-9-16(26-2)10-8-14;/h3-10,15,21H,11-13H2,1-2H3,(H,22,24);1H. The van der Waals surface area contributed by atoms with Gasteiger partial charge in [0, 0.05) is 25.2 Å². The van der Waals surface area contributed by atoms with Crippen molar-refractivity contribution in [2.75, 3.05) is 32.6 Å². The first kappa shape index (κ1) is 20.7. The molecule has 2 aromatic carbocycles. The minimum absolute atomic E-state index is 0. The predicted molar refractivity (Wildman–Crippen MR) is 108 cm³/mol. The highest BCUT2D eigenvalue weighted by atomic mass is 35.5. The molecule has 0 spiro atoms. The zero-order valence-corrected chi connectivity index (χ0v) is 16.2. The van der Waals surface area contributed by atoms with E-state index in [0.29, 0.717) is 22.6 Å². The maximum absolute atomic E-state index is 12.9. The van der Waals surface area contributed by atoms with Crippen molar-refractivity contribution in [1.82, 2.24) is 10.2 Å². The molecule has 144 valence electrons. The van der Waals surface area contributed by atoms with Gasteiger partial charge in [-0.25, -0.2) is 0 Å². The van der Waals surface area contributed by atoms with Crippen molar-refractivity contribution in [3.63, 3.8) is 0 Å². The van der Waals surface area contributed by atoms with Crippen LogP contribution in [-0.2, 0) is 0 Å². The molecule has 3 rings (SSSR count). The van der Waals surface area contributed by atoms with Gasteiger partial charge >= 0.3 is 0 Å². The summed E-state index contributed by atoms with van der Waals surface area (Å²) in [5.41, 5.74) is 1.50. The van der Waals surface area contributed by atoms with Crippen LogP contribution < -0.4 is 15.4 Å². The van der Waals surface area contributed by atoms with Gasteiger partial charge in [-0.3, -0.25) is 9.59 Å². The fourth-order valence-corrected chi connectivity index (χ4v) is 3.04. The number of carbonyl (C=O) groups excluding carboxylic acids is 2. The molecule has 2 N–H and O–H groups in total. The number of methoxy groups -OCH3 is 1. The molecule has 1 heterocycles. The first-order chi connectivity index (χ1) is 12.6. The number of rotatable bonds is 5. The van der Waals surface area contributed by atoms with E-state index in [0.717, 1.165) is 19.5 Å². The third kappa shape index (κ3) is 4.78. The molecule has 0 aromatic heterocycles. The third-order valence-corrected chi connectivity index (χ3v) is 4.66. The zero-order valence-electron chi connectivity index (χ0n) is 15.4. The summed E-state index contributed by atoms with van der Waals surface area (Å²) < 4.78 is 5.11. The van der Waals surface area contributed by atoms with Crippen LogP contribution in [0.4, 0.5) is 5.69 Å². The van der Waals surface area contributed by atoms with Crippen LogP contribution in [0.5, 0.6) is 5.75 Å². The topological polar surface area (TPSA) is 70.7 Å². The molecule has 0 aliphatic carbocycles. The third-order valence-electron chi connectivity index (χ3n) is 4.66. The Hall–Kier alpha value is -2.57. The van der Waals surface area contributed by atoms with E-state index in [1.807, 2.05) is 7.05 Å². The number of anilines is 1. The Morgan fingerprint density at radius 3 is 2.48 bits per heavy atom. The number of ether oxygens (including phenoxy) is 1. The Morgan fingerprint density at radius 2 is 1.85 bits per heavy atom. The zero-order chi connectivity index (χ0) is 18.5. The van der Waals surface area contributed by atoms with Gasteiger partial charge < -0.3 is 20.3 Å². The van der Waals surface area contributed by atoms with Crippen molar-refractivity contribution in [1.29, 1.82) is 0 Å². The number of hydrogen-bond donors (Lipinski definition) is 2. The molecular weight excluding hydrogens is 366 g/mol. The fourth-order valence-electron chi connectivity index (χ4n) is 3.04. The van der Waals surface area contributed by atoms with Gasteiger partial charge in [-0.1, -0.05) is 12.1 Å². The van der Waals surface area contributed by atoms with Gasteiger partial charge in [-0.05, 0) is 49.4 Å². The highest BCUT2D eigenvalue weighted by molar-refractivity contribution is 6.09. The molecule has 0 radical (unpaired) electrons. The molecule has 6 nitrogen and oxygen atoms in total. The molecule has 1 unspecified atom stereocenters. The SMILES string of the molecule is COc1ccc(C(=O)Nc2ccccc2C(=O)N(C)C2CCNC2)cc1.Cl. The number of amides is 2. The van der Waals surface area contributed by atoms with E-state index in [1.54, 1.807) is 60.5 Å². The summed E-state index contributed by atoms with van der Waals surface area (Å²) in [6, 6.07) is 14.1. The second-order valence-corrected chi connectivity index (χ2v) is 6.29. The van der Waals surface area contributed by atoms with Crippen molar-refractivity contribution in [2.45, 2.75) is 12.5 Å². The maximum Gasteiger partial charge on any atom is 0.256 e. The summed E-state index contributed by atoms with van der Waals surface area (Å²) in [4.78, 5) is 27.2. The number of likely N-dealkylation sites (N-methyl/N-ethyl adjacent to an activating group) is 1. The van der Waals surface area contributed by atoms with Gasteiger partial charge in [0.25, 0.3) is 11.8 Å². The minimum Gasteiger partial charge on any atom is -0.497 e. The van der Waals surface area contributed by atoms with Crippen LogP contribution in [0.1, 0.15) is 27.1 Å². The number of para-hydroxylation sites is 1. The van der Waals surface area contributed by atoms with E-state index in [2.05, 4.69) is 10.6 Å². The largest absolute Gasteiger partial charge is 0.497 e. The number of carbonyl (C=O) groups is 2. The number of nitrogens with zero attached hydrogens (tertiary/aromatic N) is 1. The number of nitrogens with one attached hydrogen (secondary N) is 2. The monoisotopic (exact) mass is 389 g/mol. The maximum atomic E-state index is 12.9. The smallest absolute Gasteiger partial charge is 0.256 e. The molecule has 2 amide bonds. The van der Waals surface area contributed by atoms with Gasteiger partial charge in [-0.15, -0.1) is 12.4 Å². The Balaban J connectivity index is 0.00000261. The fraction of sp³-hybridized carbons (Fsp3) is 0.300. The van der Waals surface area contributed by atoms with Crippen LogP contribution in [0.3, 0.4) is 0 Å². The van der Waals surface area contributed by atoms with Gasteiger partial charge in [0.1, 0.15) is 5.75 Å². The molecule has 7 heteroatoms. The van der Waals surface area contributed by atoms with Crippen LogP contribution in [0.2, 0.25) is 0 Å². The van der Waals surface area contributed by atoms with Crippen LogP contribution >= 0.6 is 12.4 Å². The summed E-state index contributed by atoms with van der Waals surface area (Å²) >= 11 is 0. The molecule has 1 aliphatic rings. The molecule has 2 aromatic rings. The molecule has 1 atom stereocenters. The lowest BCUT2D eigenvalue weighted by atomic mass is 10.1. The van der Waals surface area contributed by atoms with Crippen molar-refractivity contribution in [3.8, 4) is 5.75 Å². The second-order valence-electron chi connectivity index (χ2n) is 6.29. The molecule has 0 bridgehead atoms. The van der Waals surface area contributed by atoms with Crippen LogP contribution in [-0.4, -0.2) is 50.0 Å². The molecular formula is C20H24ClN3O3. The normalized spacial score (nSPS) is 15.6. The average molecular weight is 390 g/mol. The highest BCUT2D eigenvalue weighted by Crippen LogP contribution is 2.21. The Morgan fingerprint density at radius 1 is 1.15 bits per heavy atom. The first-order valence-corrected chi connectivity index (χ1v) is 8.62. The van der Waals surface area contributed by atoms with Crippen molar-refractivity contribution < 1.29 is 14.3 Å². The lowest BCUT2D eigenvalue weighted by Crippen LogP contribution is -2.38. The second kappa shape index (κ2) is 9.39. The Labute approximate surface area is 165 Å². The Bertz CT molecular complexity index is 789. The molecule has 0 saturated carbocycles. The number of benzene rings is 2. The van der Waals surface area contributed by atoms with Crippen LogP contribution in [0.15, 0.2) is 48.5 Å². The summed E-state index contributed by atoms with van der Waals surface area (Å²) in [6.45, 7) is 1.71. The van der Waals surface area contributed by atoms with Gasteiger partial charge in [0.05, 0.1) is 18.4 Å². The first-order valence-electron chi connectivity index (χ1n) is 8.62. The van der Waals surface area contributed by atoms with E-state index in [4.69, 9.17) is 4.74 Å². The molecule has 1 saturated heterocycles. The van der Waals surface area contributed by atoms with E-state index in [9.17, 15) is 9.59 Å². The van der Waals surface area contributed by atoms with Crippen molar-refractivity contribution in [2.24, 2.45) is 0 Å². The molecule has 27 heavy (non-hydrogen) atoms. The Kier molecular flexibility index (Phi) is 7.21. The lowest BCUT2D eigenvalue weighted by Gasteiger charge is -2.25. The molecule has 1 fully saturated rings. The van der Waals surface area contributed by atoms with E-state index in [-0.39, 0.29) is 30.3 Å². The van der Waals surface area contributed by atoms with Crippen molar-refractivity contribution >= 4 is 29.9 Å². The summed E-state index contributed by atoms with van der Waals surface area (Å²) in [6.07, 6.45) is 0.933. The van der Waals surface area contributed by atoms with Crippen LogP contribution in [0.25, 0.3) is 0 Å². The van der Waals surface area contributed by atoms with E-state index >= 15 is 0 Å². The quantitative estimate of drug-likeness (QED) is 0.824. The minimum atomic E-state index is -0.266. The van der Waals surface area contributed by atoms with E-state index in [1.165, 1.54) is 0 Å². The molecule has 1 aliphatic heterocycles. The number of halogens is 1. The summed E-state index contributed by atoms with van der Waals surface area (Å²) in [7, 11) is 3.38. The predicted octanol–water partition coefficient (Wildman–Crippen LogP) is 2.80. The van der Waals surface area contributed by atoms with Crippen molar-refractivity contribution in [3.05, 3.63) is 59.7 Å².